The summed E-state index contributed by atoms with van der Waals surface area (Å²) in [6.07, 6.45) is -10.2. The summed E-state index contributed by atoms with van der Waals surface area (Å²) >= 11 is 14.1. The second kappa shape index (κ2) is 12.7. The van der Waals surface area contributed by atoms with Crippen molar-refractivity contribution in [3.8, 4) is 11.5 Å². The zero-order valence-corrected chi connectivity index (χ0v) is 29.9. The van der Waals surface area contributed by atoms with Gasteiger partial charge in [-0.05, 0) is 60.7 Å². The van der Waals surface area contributed by atoms with Crippen LogP contribution in [0.5, 0.6) is 11.5 Å². The van der Waals surface area contributed by atoms with Crippen molar-refractivity contribution in [1.29, 1.82) is 0 Å². The minimum atomic E-state index is -5.38. The molecule has 5 aliphatic rings. The molecule has 304 valence electrons. The molecule has 0 unspecified atom stereocenters. The standard InChI is InChI=1S/C37H19Cl2F11N2O6/c38-34-10-20-18(2-3-19-22(20)31(55)51(30(19)54)16-8-14(36(45,46)47)7-15(9-16)37(48,49)50)23(13-5-12-6-17(53)1-4-21(12)58-11-13)35(34,39)33(57)52(32(34)56)29-27(43)25(41)24(40)26(42)28(29)44/h1-2,4,6-9,11,19-20,22-23,53H,3,5,10H2/t19-,20+,22-,23-,34+,35-/m0/s1. The van der Waals surface area contributed by atoms with Crippen LogP contribution in [0.25, 0.3) is 0 Å². The van der Waals surface area contributed by atoms with Gasteiger partial charge in [-0.3, -0.25) is 19.2 Å². The summed E-state index contributed by atoms with van der Waals surface area (Å²) in [6.45, 7) is 0. The number of phenols is 1. The molecule has 0 aromatic heterocycles. The molecule has 0 bridgehead atoms. The van der Waals surface area contributed by atoms with E-state index in [0.29, 0.717) is 0 Å². The van der Waals surface area contributed by atoms with Crippen LogP contribution in [0.3, 0.4) is 0 Å². The van der Waals surface area contributed by atoms with Crippen LogP contribution in [-0.2, 0) is 38.0 Å². The number of carbonyl (C=O) groups excluding carboxylic acids is 4. The molecule has 21 heteroatoms. The second-order valence-corrected chi connectivity index (χ2v) is 15.5. The van der Waals surface area contributed by atoms with E-state index < -0.39 is 139 Å². The average Bonchev–Trinajstić information content (AvgIpc) is 3.49. The summed E-state index contributed by atoms with van der Waals surface area (Å²) < 4.78 is 162. The maximum Gasteiger partial charge on any atom is 0.416 e. The van der Waals surface area contributed by atoms with Crippen LogP contribution in [0.2, 0.25) is 0 Å². The first kappa shape index (κ1) is 39.6. The number of benzene rings is 3. The molecule has 8 nitrogen and oxygen atoms in total. The number of halogens is 13. The maximum atomic E-state index is 15.3. The van der Waals surface area contributed by atoms with Crippen molar-refractivity contribution in [3.63, 3.8) is 0 Å². The van der Waals surface area contributed by atoms with Crippen LogP contribution in [0.1, 0.15) is 29.5 Å². The Balaban J connectivity index is 1.30. The van der Waals surface area contributed by atoms with Gasteiger partial charge in [-0.15, -0.1) is 23.2 Å². The third kappa shape index (κ3) is 5.33. The number of imide groups is 2. The summed E-state index contributed by atoms with van der Waals surface area (Å²) in [4.78, 5) is 50.8. The molecule has 2 saturated heterocycles. The van der Waals surface area contributed by atoms with Crippen LogP contribution in [-0.4, -0.2) is 38.5 Å². The van der Waals surface area contributed by atoms with Crippen molar-refractivity contribution in [2.24, 2.45) is 23.7 Å². The van der Waals surface area contributed by atoms with E-state index in [1.54, 1.807) is 0 Å². The monoisotopic (exact) mass is 866 g/mol. The number of aromatic hydroxyl groups is 1. The Kier molecular flexibility index (Phi) is 8.66. The topological polar surface area (TPSA) is 104 Å². The largest absolute Gasteiger partial charge is 0.508 e. The Labute approximate surface area is 327 Å². The molecule has 3 aromatic carbocycles. The van der Waals surface area contributed by atoms with Gasteiger partial charge < -0.3 is 9.84 Å². The number of amides is 4. The lowest BCUT2D eigenvalue weighted by Crippen LogP contribution is -2.61. The fourth-order valence-electron chi connectivity index (χ4n) is 8.70. The number of anilines is 2. The average molecular weight is 867 g/mol. The highest BCUT2D eigenvalue weighted by Gasteiger charge is 2.77. The van der Waals surface area contributed by atoms with Crippen molar-refractivity contribution in [2.45, 2.75) is 41.4 Å². The minimum Gasteiger partial charge on any atom is -0.508 e. The molecule has 8 rings (SSSR count). The molecular weight excluding hydrogens is 848 g/mol. The number of ether oxygens (including phenoxy) is 1. The number of fused-ring (bicyclic) bond motifs is 5. The van der Waals surface area contributed by atoms with Crippen molar-refractivity contribution in [1.82, 2.24) is 0 Å². The molecule has 6 atom stereocenters. The molecule has 0 radical (unpaired) electrons. The van der Waals surface area contributed by atoms with Crippen LogP contribution in [0, 0.1) is 52.8 Å². The minimum absolute atomic E-state index is 0.0607. The second-order valence-electron chi connectivity index (χ2n) is 14.2. The highest BCUT2D eigenvalue weighted by Crippen LogP contribution is 2.65. The highest BCUT2D eigenvalue weighted by molar-refractivity contribution is 6.58. The normalized spacial score (nSPS) is 28.2. The van der Waals surface area contributed by atoms with Gasteiger partial charge in [-0.1, -0.05) is 11.6 Å². The number of nitrogens with zero attached hydrogens (tertiary/aromatic N) is 2. The van der Waals surface area contributed by atoms with E-state index >= 15 is 8.78 Å². The molecule has 1 N–H and O–H groups in total. The zero-order valence-electron chi connectivity index (χ0n) is 28.3. The number of rotatable bonds is 3. The van der Waals surface area contributed by atoms with Crippen LogP contribution in [0.15, 0.2) is 59.9 Å². The third-order valence-electron chi connectivity index (χ3n) is 11.2. The van der Waals surface area contributed by atoms with E-state index in [1.807, 2.05) is 0 Å². The van der Waals surface area contributed by atoms with Gasteiger partial charge >= 0.3 is 12.4 Å². The molecule has 4 amide bonds. The summed E-state index contributed by atoms with van der Waals surface area (Å²) in [5.74, 6) is -25.9. The van der Waals surface area contributed by atoms with Gasteiger partial charge in [0.05, 0.1) is 34.9 Å². The van der Waals surface area contributed by atoms with Crippen LogP contribution < -0.4 is 14.5 Å². The molecule has 2 aliphatic carbocycles. The summed E-state index contributed by atoms with van der Waals surface area (Å²) in [5, 5.41) is 10.2. The number of alkyl halides is 8. The van der Waals surface area contributed by atoms with Crippen LogP contribution >= 0.6 is 23.2 Å². The number of carbonyl (C=O) groups is 4. The van der Waals surface area contributed by atoms with Gasteiger partial charge in [0.2, 0.25) is 17.6 Å². The van der Waals surface area contributed by atoms with E-state index in [2.05, 4.69) is 0 Å². The fraction of sp³-hybridized carbons (Fsp3) is 0.297. The lowest BCUT2D eigenvalue weighted by molar-refractivity contribution is -0.143. The first-order valence-corrected chi connectivity index (χ1v) is 17.5. The van der Waals surface area contributed by atoms with Gasteiger partial charge in [0.15, 0.2) is 33.0 Å². The molecule has 3 aliphatic heterocycles. The molecule has 1 saturated carbocycles. The first-order chi connectivity index (χ1) is 26.9. The van der Waals surface area contributed by atoms with Crippen molar-refractivity contribution in [3.05, 3.63) is 106 Å². The van der Waals surface area contributed by atoms with Crippen molar-refractivity contribution >= 4 is 58.2 Å². The number of allylic oxidation sites excluding steroid dienone is 3. The molecule has 58 heavy (non-hydrogen) atoms. The number of hydrogen-bond donors (Lipinski definition) is 1. The van der Waals surface area contributed by atoms with Crippen molar-refractivity contribution < 1.29 is 77.3 Å². The third-order valence-corrected chi connectivity index (χ3v) is 12.6. The SMILES string of the molecule is O=C1[C@H]2[C@H](CC=C3[C@H](C4=COc5ccc(O)cc5C4)[C@]4(Cl)C(=O)N(c5c(F)c(F)c(F)c(F)c5F)C(=O)[C@]4(Cl)C[C@H]32)C(=O)N1c1cc(C(F)(F)F)cc(C(F)(F)F)c1. The predicted octanol–water partition coefficient (Wildman–Crippen LogP) is 8.24. The van der Waals surface area contributed by atoms with E-state index in [1.165, 1.54) is 24.3 Å². The molecule has 3 aromatic rings. The molecule has 3 heterocycles. The van der Waals surface area contributed by atoms with E-state index in [-0.39, 0.29) is 57.7 Å². The molecule has 3 fully saturated rings. The summed E-state index contributed by atoms with van der Waals surface area (Å²) in [6, 6.07) is 3.92. The van der Waals surface area contributed by atoms with Gasteiger partial charge in [0.1, 0.15) is 17.2 Å². The van der Waals surface area contributed by atoms with Crippen molar-refractivity contribution in [2.75, 3.05) is 9.80 Å². The Bertz CT molecular complexity index is 2430. The Morgan fingerprint density at radius 1 is 0.741 bits per heavy atom. The lowest BCUT2D eigenvalue weighted by Gasteiger charge is -2.51. The van der Waals surface area contributed by atoms with Gasteiger partial charge in [-0.2, -0.15) is 26.3 Å². The summed E-state index contributed by atoms with van der Waals surface area (Å²) in [7, 11) is 0. The lowest BCUT2D eigenvalue weighted by atomic mass is 9.56. The maximum absolute atomic E-state index is 15.3. The quantitative estimate of drug-likeness (QED) is 0.0711. The Morgan fingerprint density at radius 3 is 1.91 bits per heavy atom. The molecular formula is C37H19Cl2F11N2O6. The van der Waals surface area contributed by atoms with Gasteiger partial charge in [0, 0.05) is 17.9 Å². The highest BCUT2D eigenvalue weighted by atomic mass is 35.5. The number of hydrogen-bond acceptors (Lipinski definition) is 6. The van der Waals surface area contributed by atoms with Gasteiger partial charge in [-0.25, -0.2) is 31.8 Å². The predicted molar refractivity (Wildman–Crippen MR) is 177 cm³/mol. The van der Waals surface area contributed by atoms with E-state index in [4.69, 9.17) is 27.9 Å². The zero-order chi connectivity index (χ0) is 42.3. The Hall–Kier alpha value is -5.17. The number of phenolic OH excluding ortho intramolecular Hbond substituents is 1. The van der Waals surface area contributed by atoms with E-state index in [0.717, 1.165) is 6.26 Å². The first-order valence-electron chi connectivity index (χ1n) is 16.8. The smallest absolute Gasteiger partial charge is 0.416 e. The van der Waals surface area contributed by atoms with Gasteiger partial charge in [0.25, 0.3) is 11.8 Å². The van der Waals surface area contributed by atoms with E-state index in [9.17, 15) is 63.8 Å². The van der Waals surface area contributed by atoms with Crippen LogP contribution in [0.4, 0.5) is 59.7 Å². The molecule has 0 spiro atoms. The summed E-state index contributed by atoms with van der Waals surface area (Å²) in [5.41, 5.74) is -6.74. The Morgan fingerprint density at radius 2 is 1.33 bits per heavy atom. The fourth-order valence-corrected chi connectivity index (χ4v) is 9.65.